The molecule has 0 spiro atoms. The second kappa shape index (κ2) is 3.28. The van der Waals surface area contributed by atoms with Crippen molar-refractivity contribution in [2.24, 2.45) is 0 Å². The summed E-state index contributed by atoms with van der Waals surface area (Å²) in [6, 6.07) is 1.97. The Balaban J connectivity index is 3.24. The zero-order valence-corrected chi connectivity index (χ0v) is 7.03. The van der Waals surface area contributed by atoms with Gasteiger partial charge in [-0.1, -0.05) is 0 Å². The first-order chi connectivity index (χ1) is 5.15. The standard InChI is InChI=1S/C7H5BrF2O/c8-6-2-5(9)1-4(3-11)7(6)10/h1-2,11H,3H2. The predicted molar refractivity (Wildman–Crippen MR) is 40.0 cm³/mol. The van der Waals surface area contributed by atoms with Gasteiger partial charge in [0.25, 0.3) is 0 Å². The molecule has 0 heterocycles. The number of benzene rings is 1. The molecule has 1 aromatic rings. The van der Waals surface area contributed by atoms with Crippen molar-refractivity contribution in [1.29, 1.82) is 0 Å². The fourth-order valence-corrected chi connectivity index (χ4v) is 1.20. The molecule has 0 saturated heterocycles. The molecule has 1 aromatic carbocycles. The first kappa shape index (κ1) is 8.62. The summed E-state index contributed by atoms with van der Waals surface area (Å²) in [4.78, 5) is 0. The van der Waals surface area contributed by atoms with E-state index in [0.29, 0.717) is 0 Å². The summed E-state index contributed by atoms with van der Waals surface area (Å²) in [5.74, 6) is -1.18. The van der Waals surface area contributed by atoms with E-state index < -0.39 is 18.2 Å². The van der Waals surface area contributed by atoms with Crippen molar-refractivity contribution in [2.45, 2.75) is 6.61 Å². The quantitative estimate of drug-likeness (QED) is 0.723. The SMILES string of the molecule is OCc1cc(F)cc(Br)c1F. The Morgan fingerprint density at radius 1 is 1.36 bits per heavy atom. The molecule has 1 nitrogen and oxygen atoms in total. The summed E-state index contributed by atoms with van der Waals surface area (Å²) in [5.41, 5.74) is -0.0446. The average molecular weight is 223 g/mol. The maximum Gasteiger partial charge on any atom is 0.143 e. The number of aliphatic hydroxyl groups excluding tert-OH is 1. The third-order valence-electron chi connectivity index (χ3n) is 1.24. The van der Waals surface area contributed by atoms with Crippen molar-refractivity contribution >= 4 is 15.9 Å². The van der Waals surface area contributed by atoms with Crippen LogP contribution >= 0.6 is 15.9 Å². The lowest BCUT2D eigenvalue weighted by molar-refractivity contribution is 0.274. The zero-order valence-electron chi connectivity index (χ0n) is 5.44. The van der Waals surface area contributed by atoms with Crippen LogP contribution in [0.4, 0.5) is 8.78 Å². The van der Waals surface area contributed by atoms with Crippen LogP contribution in [0, 0.1) is 11.6 Å². The van der Waals surface area contributed by atoms with E-state index in [4.69, 9.17) is 5.11 Å². The third kappa shape index (κ3) is 1.75. The Kier molecular flexibility index (Phi) is 2.57. The van der Waals surface area contributed by atoms with Gasteiger partial charge >= 0.3 is 0 Å². The van der Waals surface area contributed by atoms with Gasteiger partial charge in [0, 0.05) is 5.56 Å². The molecule has 0 aromatic heterocycles. The Hall–Kier alpha value is -0.480. The molecule has 0 bridgehead atoms. The summed E-state index contributed by atoms with van der Waals surface area (Å²) in [6.45, 7) is -0.498. The predicted octanol–water partition coefficient (Wildman–Crippen LogP) is 2.22. The van der Waals surface area contributed by atoms with Gasteiger partial charge in [-0.3, -0.25) is 0 Å². The van der Waals surface area contributed by atoms with Crippen LogP contribution in [0.3, 0.4) is 0 Å². The summed E-state index contributed by atoms with van der Waals surface area (Å²) >= 11 is 2.81. The van der Waals surface area contributed by atoms with Crippen molar-refractivity contribution in [1.82, 2.24) is 0 Å². The highest BCUT2D eigenvalue weighted by Crippen LogP contribution is 2.20. The molecular formula is C7H5BrF2O. The number of hydrogen-bond donors (Lipinski definition) is 1. The first-order valence-electron chi connectivity index (χ1n) is 2.89. The van der Waals surface area contributed by atoms with Gasteiger partial charge < -0.3 is 5.11 Å². The largest absolute Gasteiger partial charge is 0.392 e. The van der Waals surface area contributed by atoms with E-state index in [2.05, 4.69) is 15.9 Å². The molecule has 1 rings (SSSR count). The Morgan fingerprint density at radius 2 is 2.00 bits per heavy atom. The normalized spacial score (nSPS) is 10.2. The van der Waals surface area contributed by atoms with E-state index in [9.17, 15) is 8.78 Å². The molecule has 0 aliphatic carbocycles. The fourth-order valence-electron chi connectivity index (χ4n) is 0.724. The van der Waals surface area contributed by atoms with Gasteiger partial charge in [-0.2, -0.15) is 0 Å². The maximum atomic E-state index is 12.8. The minimum atomic E-state index is -0.617. The summed E-state index contributed by atoms with van der Waals surface area (Å²) < 4.78 is 25.3. The maximum absolute atomic E-state index is 12.8. The van der Waals surface area contributed by atoms with Crippen LogP contribution in [0.2, 0.25) is 0 Å². The smallest absolute Gasteiger partial charge is 0.143 e. The molecule has 0 saturated carbocycles. The second-order valence-corrected chi connectivity index (χ2v) is 2.87. The van der Waals surface area contributed by atoms with Gasteiger partial charge in [0.05, 0.1) is 11.1 Å². The molecule has 0 unspecified atom stereocenters. The topological polar surface area (TPSA) is 20.2 Å². The number of aliphatic hydroxyl groups is 1. The minimum Gasteiger partial charge on any atom is -0.392 e. The van der Waals surface area contributed by atoms with E-state index in [1.54, 1.807) is 0 Å². The summed E-state index contributed by atoms with van der Waals surface area (Å²) in [7, 11) is 0. The third-order valence-corrected chi connectivity index (χ3v) is 1.82. The molecule has 0 aliphatic heterocycles. The van der Waals surface area contributed by atoms with E-state index >= 15 is 0 Å². The van der Waals surface area contributed by atoms with E-state index in [1.165, 1.54) is 0 Å². The van der Waals surface area contributed by atoms with Gasteiger partial charge in [-0.25, -0.2) is 8.78 Å². The molecule has 0 radical (unpaired) electrons. The van der Waals surface area contributed by atoms with E-state index in [0.717, 1.165) is 12.1 Å². The lowest BCUT2D eigenvalue weighted by atomic mass is 10.2. The molecular weight excluding hydrogens is 218 g/mol. The molecule has 11 heavy (non-hydrogen) atoms. The second-order valence-electron chi connectivity index (χ2n) is 2.02. The zero-order chi connectivity index (χ0) is 8.43. The highest BCUT2D eigenvalue weighted by atomic mass is 79.9. The van der Waals surface area contributed by atoms with Crippen molar-refractivity contribution in [3.8, 4) is 0 Å². The lowest BCUT2D eigenvalue weighted by Gasteiger charge is -2.00. The Labute approximate surface area is 70.8 Å². The van der Waals surface area contributed by atoms with Crippen LogP contribution in [-0.2, 0) is 6.61 Å². The van der Waals surface area contributed by atoms with Crippen molar-refractivity contribution in [2.75, 3.05) is 0 Å². The van der Waals surface area contributed by atoms with Crippen molar-refractivity contribution in [3.05, 3.63) is 33.8 Å². The van der Waals surface area contributed by atoms with Crippen LogP contribution < -0.4 is 0 Å². The summed E-state index contributed by atoms with van der Waals surface area (Å²) in [6.07, 6.45) is 0. The lowest BCUT2D eigenvalue weighted by Crippen LogP contribution is -1.92. The van der Waals surface area contributed by atoms with Crippen molar-refractivity contribution < 1.29 is 13.9 Å². The molecule has 0 fully saturated rings. The van der Waals surface area contributed by atoms with Crippen LogP contribution in [0.15, 0.2) is 16.6 Å². The van der Waals surface area contributed by atoms with E-state index in [-0.39, 0.29) is 10.0 Å². The Morgan fingerprint density at radius 3 is 2.55 bits per heavy atom. The first-order valence-corrected chi connectivity index (χ1v) is 3.68. The number of hydrogen-bond acceptors (Lipinski definition) is 1. The molecule has 4 heteroatoms. The van der Waals surface area contributed by atoms with E-state index in [1.807, 2.05) is 0 Å². The monoisotopic (exact) mass is 222 g/mol. The summed E-state index contributed by atoms with van der Waals surface area (Å²) in [5, 5.41) is 8.54. The van der Waals surface area contributed by atoms with Crippen LogP contribution in [0.1, 0.15) is 5.56 Å². The molecule has 60 valence electrons. The van der Waals surface area contributed by atoms with Crippen LogP contribution in [0.5, 0.6) is 0 Å². The molecule has 0 atom stereocenters. The van der Waals surface area contributed by atoms with Gasteiger partial charge in [-0.05, 0) is 28.1 Å². The van der Waals surface area contributed by atoms with Crippen LogP contribution in [0.25, 0.3) is 0 Å². The molecule has 0 aliphatic rings. The van der Waals surface area contributed by atoms with Gasteiger partial charge in [-0.15, -0.1) is 0 Å². The fraction of sp³-hybridized carbons (Fsp3) is 0.143. The highest BCUT2D eigenvalue weighted by molar-refractivity contribution is 9.10. The minimum absolute atomic E-state index is 0.0292. The van der Waals surface area contributed by atoms with Crippen LogP contribution in [-0.4, -0.2) is 5.11 Å². The highest BCUT2D eigenvalue weighted by Gasteiger charge is 2.07. The molecule has 0 amide bonds. The van der Waals surface area contributed by atoms with Gasteiger partial charge in [0.1, 0.15) is 11.6 Å². The van der Waals surface area contributed by atoms with Crippen molar-refractivity contribution in [3.63, 3.8) is 0 Å². The molecule has 1 N–H and O–H groups in total. The average Bonchev–Trinajstić information content (AvgIpc) is 1.96. The Bertz CT molecular complexity index is 275. The van der Waals surface area contributed by atoms with Gasteiger partial charge in [0.2, 0.25) is 0 Å². The number of rotatable bonds is 1. The van der Waals surface area contributed by atoms with Gasteiger partial charge in [0.15, 0.2) is 0 Å². The number of halogens is 3.